The van der Waals surface area contributed by atoms with Crippen molar-refractivity contribution in [2.45, 2.75) is 60.8 Å². The van der Waals surface area contributed by atoms with Gasteiger partial charge < -0.3 is 0 Å². The van der Waals surface area contributed by atoms with E-state index in [-0.39, 0.29) is 0 Å². The zero-order chi connectivity index (χ0) is 10.9. The van der Waals surface area contributed by atoms with Crippen LogP contribution in [0.5, 0.6) is 0 Å². The summed E-state index contributed by atoms with van der Waals surface area (Å²) in [5.74, 6) is 4.01. The van der Waals surface area contributed by atoms with Gasteiger partial charge in [0.2, 0.25) is 0 Å². The van der Waals surface area contributed by atoms with Crippen LogP contribution >= 0.6 is 0 Å². The average molecular weight is 196 g/mol. The van der Waals surface area contributed by atoms with Crippen LogP contribution < -0.4 is 0 Å². The summed E-state index contributed by atoms with van der Waals surface area (Å²) in [6, 6.07) is 0. The molecular formula is C14H28. The van der Waals surface area contributed by atoms with E-state index in [2.05, 4.69) is 41.5 Å². The van der Waals surface area contributed by atoms with Gasteiger partial charge in [0.05, 0.1) is 0 Å². The lowest BCUT2D eigenvalue weighted by atomic mass is 9.79. The summed E-state index contributed by atoms with van der Waals surface area (Å²) in [4.78, 5) is 0. The second-order valence-corrected chi connectivity index (χ2v) is 6.44. The van der Waals surface area contributed by atoms with Gasteiger partial charge in [-0.1, -0.05) is 48.0 Å². The minimum absolute atomic E-state index is 0.500. The molecule has 0 aromatic carbocycles. The Morgan fingerprint density at radius 1 is 1.14 bits per heavy atom. The van der Waals surface area contributed by atoms with Crippen molar-refractivity contribution in [2.75, 3.05) is 0 Å². The van der Waals surface area contributed by atoms with Crippen molar-refractivity contribution in [3.63, 3.8) is 0 Å². The van der Waals surface area contributed by atoms with E-state index in [9.17, 15) is 0 Å². The van der Waals surface area contributed by atoms with E-state index in [4.69, 9.17) is 0 Å². The fraction of sp³-hybridized carbons (Fsp3) is 1.00. The summed E-state index contributed by atoms with van der Waals surface area (Å²) < 4.78 is 0. The molecule has 1 saturated carbocycles. The van der Waals surface area contributed by atoms with E-state index in [0.29, 0.717) is 5.41 Å². The summed E-state index contributed by atoms with van der Waals surface area (Å²) in [6.07, 6.45) is 4.29. The summed E-state index contributed by atoms with van der Waals surface area (Å²) in [5, 5.41) is 0. The highest BCUT2D eigenvalue weighted by Crippen LogP contribution is 2.51. The maximum absolute atomic E-state index is 2.43. The van der Waals surface area contributed by atoms with Crippen LogP contribution in [0.3, 0.4) is 0 Å². The average Bonchev–Trinajstić information content (AvgIpc) is 2.70. The molecule has 0 aromatic rings. The van der Waals surface area contributed by atoms with Gasteiger partial charge in [0.25, 0.3) is 0 Å². The Balaban J connectivity index is 2.22. The maximum Gasteiger partial charge on any atom is -0.0355 e. The van der Waals surface area contributed by atoms with Crippen LogP contribution in [0.15, 0.2) is 0 Å². The number of rotatable bonds is 4. The summed E-state index contributed by atoms with van der Waals surface area (Å²) in [7, 11) is 0. The van der Waals surface area contributed by atoms with Gasteiger partial charge in [0, 0.05) is 0 Å². The molecule has 1 aliphatic rings. The van der Waals surface area contributed by atoms with Crippen LogP contribution in [0.4, 0.5) is 0 Å². The number of hydrogen-bond acceptors (Lipinski definition) is 0. The zero-order valence-electron chi connectivity index (χ0n) is 10.9. The molecule has 1 aliphatic carbocycles. The van der Waals surface area contributed by atoms with Crippen molar-refractivity contribution in [3.8, 4) is 0 Å². The molecule has 0 bridgehead atoms. The molecule has 0 spiro atoms. The molecule has 0 radical (unpaired) electrons. The van der Waals surface area contributed by atoms with Gasteiger partial charge in [-0.25, -0.2) is 0 Å². The van der Waals surface area contributed by atoms with Gasteiger partial charge in [-0.15, -0.1) is 0 Å². The molecule has 0 heterocycles. The van der Waals surface area contributed by atoms with E-state index in [1.165, 1.54) is 19.3 Å². The number of hydrogen-bond donors (Lipinski definition) is 0. The predicted molar refractivity (Wildman–Crippen MR) is 64.3 cm³/mol. The minimum Gasteiger partial charge on any atom is -0.0651 e. The lowest BCUT2D eigenvalue weighted by molar-refractivity contribution is 0.237. The zero-order valence-corrected chi connectivity index (χ0v) is 10.9. The topological polar surface area (TPSA) is 0 Å². The highest BCUT2D eigenvalue weighted by Gasteiger charge is 2.44. The smallest absolute Gasteiger partial charge is 0.0355 e. The maximum atomic E-state index is 2.43. The van der Waals surface area contributed by atoms with Crippen molar-refractivity contribution in [3.05, 3.63) is 0 Å². The van der Waals surface area contributed by atoms with Crippen molar-refractivity contribution < 1.29 is 0 Å². The van der Waals surface area contributed by atoms with Crippen molar-refractivity contribution in [1.29, 1.82) is 0 Å². The molecule has 14 heavy (non-hydrogen) atoms. The molecule has 4 unspecified atom stereocenters. The Labute approximate surface area is 90.5 Å². The van der Waals surface area contributed by atoms with Crippen LogP contribution in [-0.4, -0.2) is 0 Å². The Morgan fingerprint density at radius 2 is 1.71 bits per heavy atom. The van der Waals surface area contributed by atoms with Crippen LogP contribution in [0, 0.1) is 29.1 Å². The molecule has 0 aromatic heterocycles. The van der Waals surface area contributed by atoms with Gasteiger partial charge >= 0.3 is 0 Å². The first-order valence-electron chi connectivity index (χ1n) is 6.38. The fourth-order valence-corrected chi connectivity index (χ4v) is 2.66. The minimum atomic E-state index is 0.500. The Morgan fingerprint density at radius 3 is 2.07 bits per heavy atom. The van der Waals surface area contributed by atoms with Crippen LogP contribution in [0.2, 0.25) is 0 Å². The third-order valence-electron chi connectivity index (χ3n) is 4.64. The monoisotopic (exact) mass is 196 g/mol. The first-order chi connectivity index (χ1) is 6.38. The second kappa shape index (κ2) is 4.24. The summed E-state index contributed by atoms with van der Waals surface area (Å²) in [6.45, 7) is 14.3. The van der Waals surface area contributed by atoms with E-state index < -0.39 is 0 Å². The van der Waals surface area contributed by atoms with E-state index >= 15 is 0 Å². The Kier molecular flexibility index (Phi) is 3.66. The molecule has 4 atom stereocenters. The highest BCUT2D eigenvalue weighted by molar-refractivity contribution is 4.93. The molecule has 84 valence electrons. The molecule has 0 amide bonds. The van der Waals surface area contributed by atoms with E-state index in [1.54, 1.807) is 0 Å². The molecule has 0 saturated heterocycles. The molecule has 1 fully saturated rings. The quantitative estimate of drug-likeness (QED) is 0.609. The fourth-order valence-electron chi connectivity index (χ4n) is 2.66. The predicted octanol–water partition coefficient (Wildman–Crippen LogP) is 4.74. The SMILES string of the molecule is CCC1C(C)C1CCC(C)C(C)(C)C. The Bertz CT molecular complexity index is 175. The van der Waals surface area contributed by atoms with Gasteiger partial charge in [-0.3, -0.25) is 0 Å². The van der Waals surface area contributed by atoms with Crippen LogP contribution in [-0.2, 0) is 0 Å². The van der Waals surface area contributed by atoms with Crippen molar-refractivity contribution in [2.24, 2.45) is 29.1 Å². The second-order valence-electron chi connectivity index (χ2n) is 6.44. The summed E-state index contributed by atoms with van der Waals surface area (Å²) in [5.41, 5.74) is 0.500. The third-order valence-corrected chi connectivity index (χ3v) is 4.64. The van der Waals surface area contributed by atoms with Crippen molar-refractivity contribution >= 4 is 0 Å². The lowest BCUT2D eigenvalue weighted by Crippen LogP contribution is -2.17. The van der Waals surface area contributed by atoms with Gasteiger partial charge in [0.15, 0.2) is 0 Å². The third kappa shape index (κ3) is 2.74. The highest BCUT2D eigenvalue weighted by atomic mass is 14.5. The van der Waals surface area contributed by atoms with Gasteiger partial charge in [-0.05, 0) is 41.9 Å². The standard InChI is InChI=1S/C14H28/c1-7-12-11(3)13(12)9-8-10(2)14(4,5)6/h10-13H,7-9H2,1-6H3. The van der Waals surface area contributed by atoms with Gasteiger partial charge in [-0.2, -0.15) is 0 Å². The molecule has 0 aliphatic heterocycles. The van der Waals surface area contributed by atoms with Gasteiger partial charge in [0.1, 0.15) is 0 Å². The van der Waals surface area contributed by atoms with E-state index in [0.717, 1.165) is 23.7 Å². The molecule has 1 rings (SSSR count). The Hall–Kier alpha value is 0. The lowest BCUT2D eigenvalue weighted by Gasteiger charge is -2.27. The van der Waals surface area contributed by atoms with E-state index in [1.807, 2.05) is 0 Å². The summed E-state index contributed by atoms with van der Waals surface area (Å²) >= 11 is 0. The molecule has 0 N–H and O–H groups in total. The van der Waals surface area contributed by atoms with Crippen LogP contribution in [0.25, 0.3) is 0 Å². The molecule has 0 heteroatoms. The first-order valence-corrected chi connectivity index (χ1v) is 6.38. The molecule has 0 nitrogen and oxygen atoms in total. The van der Waals surface area contributed by atoms with Crippen LogP contribution in [0.1, 0.15) is 60.8 Å². The largest absolute Gasteiger partial charge is 0.0651 e. The molecular weight excluding hydrogens is 168 g/mol. The normalized spacial score (nSPS) is 34.3. The van der Waals surface area contributed by atoms with Crippen molar-refractivity contribution in [1.82, 2.24) is 0 Å². The first kappa shape index (κ1) is 12.1.